The van der Waals surface area contributed by atoms with Gasteiger partial charge in [0.2, 0.25) is 5.79 Å². The first-order chi connectivity index (χ1) is 30.3. The number of carbonyl (C=O) groups is 4. The van der Waals surface area contributed by atoms with Crippen molar-refractivity contribution in [1.82, 2.24) is 4.90 Å². The van der Waals surface area contributed by atoms with Crippen LogP contribution in [0.4, 0.5) is 0 Å². The number of nitrogens with zero attached hydrogens (tertiary/aromatic N) is 1. The normalized spacial score (nSPS) is 40.8. The first-order valence-electron chi connectivity index (χ1n) is 24.0. The number of carbonyl (C=O) groups excluding carboxylic acids is 4. The second-order valence-corrected chi connectivity index (χ2v) is 19.7. The molecule has 1 saturated carbocycles. The van der Waals surface area contributed by atoms with Crippen molar-refractivity contribution in [1.29, 1.82) is 0 Å². The molecule has 0 aromatic carbocycles. The molecule has 0 spiro atoms. The van der Waals surface area contributed by atoms with Gasteiger partial charge in [-0.05, 0) is 119 Å². The molecule has 3 N–H and O–H groups in total. The Bertz CT molecular complexity index is 1670. The number of rotatable bonds is 6. The van der Waals surface area contributed by atoms with Crippen LogP contribution in [0.2, 0.25) is 0 Å². The fourth-order valence-corrected chi connectivity index (χ4v) is 10.3. The van der Waals surface area contributed by atoms with Crippen LogP contribution in [0.15, 0.2) is 47.6 Å². The minimum atomic E-state index is -2.40. The van der Waals surface area contributed by atoms with E-state index in [9.17, 15) is 34.5 Å². The van der Waals surface area contributed by atoms with E-state index in [4.69, 9.17) is 23.7 Å². The van der Waals surface area contributed by atoms with Crippen molar-refractivity contribution in [2.24, 2.45) is 35.5 Å². The predicted molar refractivity (Wildman–Crippen MR) is 245 cm³/mol. The molecule has 2 bridgehead atoms. The Morgan fingerprint density at radius 1 is 0.828 bits per heavy atom. The number of allylic oxidation sites excluding steroid dienone is 6. The van der Waals surface area contributed by atoms with Crippen molar-refractivity contribution < 1.29 is 58.2 Å². The number of aliphatic hydroxyl groups is 3. The third-order valence-electron chi connectivity index (χ3n) is 14.5. The van der Waals surface area contributed by atoms with E-state index in [1.54, 1.807) is 48.2 Å². The SMILES string of the molecule is CO[C@H]1CC2CC[C@@H](C)[C@@](O)(O2)C(=O)C(=O)N2CCCCC2C(=O)O[C@H]([C@H](C)C[C@@H]2CC[C@@H](O)[C@H](OC)C2)CC(=O)[C@H](C)/C=C(\C)[C@@H](O)[C@@H](OC)C[C@H](C)C[C@H](C)/C=C/C=C/C=C/1C. The van der Waals surface area contributed by atoms with E-state index in [-0.39, 0.29) is 61.0 Å². The fraction of sp³-hybridized carbons (Fsp3) is 0.765. The molecule has 3 fully saturated rings. The first kappa shape index (κ1) is 53.6. The molecule has 1 amide bonds. The maximum atomic E-state index is 14.4. The Kier molecular flexibility index (Phi) is 21.1. The quantitative estimate of drug-likeness (QED) is 0.142. The highest BCUT2D eigenvalue weighted by molar-refractivity contribution is 6.39. The fourth-order valence-electron chi connectivity index (χ4n) is 10.3. The van der Waals surface area contributed by atoms with Gasteiger partial charge >= 0.3 is 5.97 Å². The highest BCUT2D eigenvalue weighted by atomic mass is 16.6. The zero-order valence-corrected chi connectivity index (χ0v) is 40.4. The number of methoxy groups -OCH3 is 3. The first-order valence-corrected chi connectivity index (χ1v) is 24.0. The molecule has 2 unspecified atom stereocenters. The second kappa shape index (κ2) is 25.2. The van der Waals surface area contributed by atoms with Crippen molar-refractivity contribution in [3.05, 3.63) is 47.6 Å². The maximum absolute atomic E-state index is 14.4. The van der Waals surface area contributed by atoms with Crippen LogP contribution in [-0.4, -0.2) is 126 Å². The summed E-state index contributed by atoms with van der Waals surface area (Å²) >= 11 is 0. The average molecular weight is 900 g/mol. The number of hydrogen-bond acceptors (Lipinski definition) is 12. The lowest BCUT2D eigenvalue weighted by molar-refractivity contribution is -0.265. The summed E-state index contributed by atoms with van der Waals surface area (Å²) in [5.74, 6) is -6.38. The van der Waals surface area contributed by atoms with Gasteiger partial charge in [0.25, 0.3) is 11.7 Å². The lowest BCUT2D eigenvalue weighted by Gasteiger charge is -2.42. The molecule has 4 aliphatic rings. The molecule has 64 heavy (non-hydrogen) atoms. The van der Waals surface area contributed by atoms with Gasteiger partial charge in [-0.15, -0.1) is 0 Å². The molecule has 0 aromatic rings. The average Bonchev–Trinajstić information content (AvgIpc) is 3.27. The zero-order valence-electron chi connectivity index (χ0n) is 40.4. The van der Waals surface area contributed by atoms with E-state index in [1.807, 2.05) is 38.2 Å². The van der Waals surface area contributed by atoms with E-state index in [0.717, 1.165) is 18.4 Å². The van der Waals surface area contributed by atoms with Crippen molar-refractivity contribution in [3.63, 3.8) is 0 Å². The lowest BCUT2D eigenvalue weighted by Crippen LogP contribution is -2.61. The Hall–Kier alpha value is -3.04. The summed E-state index contributed by atoms with van der Waals surface area (Å²) in [6.07, 6.45) is 14.3. The maximum Gasteiger partial charge on any atom is 0.329 e. The number of Topliss-reactive ketones (excluding diaryl/α,β-unsaturated/α-hetero) is 2. The van der Waals surface area contributed by atoms with Gasteiger partial charge in [-0.25, -0.2) is 4.79 Å². The molecule has 13 heteroatoms. The van der Waals surface area contributed by atoms with E-state index in [0.29, 0.717) is 63.4 Å². The number of hydrogen-bond donors (Lipinski definition) is 3. The third kappa shape index (κ3) is 14.5. The largest absolute Gasteiger partial charge is 0.460 e. The van der Waals surface area contributed by atoms with Crippen LogP contribution in [0.25, 0.3) is 0 Å². The molecular formula is C51H81NO12. The van der Waals surface area contributed by atoms with Gasteiger partial charge in [-0.1, -0.05) is 71.1 Å². The Labute approximate surface area is 383 Å². The Balaban J connectivity index is 1.68. The van der Waals surface area contributed by atoms with Gasteiger partial charge in [0.15, 0.2) is 0 Å². The molecule has 362 valence electrons. The van der Waals surface area contributed by atoms with Crippen LogP contribution in [0.3, 0.4) is 0 Å². The van der Waals surface area contributed by atoms with E-state index in [1.165, 1.54) is 4.90 Å². The van der Waals surface area contributed by atoms with E-state index in [2.05, 4.69) is 19.9 Å². The molecular weight excluding hydrogens is 819 g/mol. The molecule has 1 aliphatic carbocycles. The van der Waals surface area contributed by atoms with Gasteiger partial charge in [0.05, 0.1) is 30.5 Å². The van der Waals surface area contributed by atoms with Crippen molar-refractivity contribution in [2.45, 2.75) is 186 Å². The summed E-state index contributed by atoms with van der Waals surface area (Å²) in [5.41, 5.74) is 1.54. The standard InChI is InChI=1S/C51H81NO12/c1-31-16-12-11-13-17-33(3)43(60-8)29-39-21-19-37(7)51(59,64-39)48(56)49(57)52-23-15-14-18-40(52)50(58)63-44(35(5)27-38-20-22-41(53)45(28-38)61-9)30-42(54)34(4)26-36(6)47(55)46(62-10)25-32(2)24-31/h11-13,16-17,26,31-32,34-35,37-41,43-47,53,55,59H,14-15,18-25,27-30H2,1-10H3/b13-11+,16-12+,33-17+,36-26+/t31-,32-,34-,35-,37-,38+,39?,40?,41-,43+,44+,45-,46+,47-,51-/m1/s1. The monoisotopic (exact) mass is 900 g/mol. The number of fused-ring (bicyclic) bond motifs is 3. The number of cyclic esters (lactones) is 1. The smallest absolute Gasteiger partial charge is 0.329 e. The summed E-state index contributed by atoms with van der Waals surface area (Å²) in [4.78, 5) is 58.1. The number of ketones is 2. The molecule has 4 rings (SSSR count). The highest BCUT2D eigenvalue weighted by Crippen LogP contribution is 2.38. The number of ether oxygens (including phenoxy) is 5. The summed E-state index contributed by atoms with van der Waals surface area (Å²) in [6, 6.07) is -1.10. The van der Waals surface area contributed by atoms with Crippen molar-refractivity contribution >= 4 is 23.4 Å². The van der Waals surface area contributed by atoms with Crippen LogP contribution in [0.1, 0.15) is 132 Å². The van der Waals surface area contributed by atoms with Crippen molar-refractivity contribution in [3.8, 4) is 0 Å². The lowest BCUT2D eigenvalue weighted by atomic mass is 9.78. The molecule has 15 atom stereocenters. The molecule has 2 saturated heterocycles. The van der Waals surface area contributed by atoms with Crippen LogP contribution < -0.4 is 0 Å². The van der Waals surface area contributed by atoms with Crippen LogP contribution >= 0.6 is 0 Å². The molecule has 0 radical (unpaired) electrons. The third-order valence-corrected chi connectivity index (χ3v) is 14.5. The Morgan fingerprint density at radius 3 is 2.23 bits per heavy atom. The van der Waals surface area contributed by atoms with Gasteiger partial charge in [-0.3, -0.25) is 14.4 Å². The van der Waals surface area contributed by atoms with Crippen LogP contribution in [0.5, 0.6) is 0 Å². The molecule has 13 nitrogen and oxygen atoms in total. The molecule has 3 heterocycles. The van der Waals surface area contributed by atoms with Gasteiger partial charge < -0.3 is 43.9 Å². The number of aliphatic hydroxyl groups excluding tert-OH is 2. The van der Waals surface area contributed by atoms with E-state index >= 15 is 0 Å². The minimum absolute atomic E-state index is 0.106. The van der Waals surface area contributed by atoms with Gasteiger partial charge in [-0.2, -0.15) is 0 Å². The van der Waals surface area contributed by atoms with E-state index < -0.39 is 71.8 Å². The topological polar surface area (TPSA) is 178 Å². The zero-order chi connectivity index (χ0) is 47.3. The molecule has 3 aliphatic heterocycles. The number of amides is 1. The number of piperidine rings is 1. The minimum Gasteiger partial charge on any atom is -0.460 e. The summed E-state index contributed by atoms with van der Waals surface area (Å²) in [5, 5.41) is 33.9. The van der Waals surface area contributed by atoms with Gasteiger partial charge in [0, 0.05) is 52.6 Å². The predicted octanol–water partition coefficient (Wildman–Crippen LogP) is 7.00. The number of esters is 1. The van der Waals surface area contributed by atoms with Crippen molar-refractivity contribution in [2.75, 3.05) is 27.9 Å². The van der Waals surface area contributed by atoms with Gasteiger partial charge in [0.1, 0.15) is 24.0 Å². The summed E-state index contributed by atoms with van der Waals surface area (Å²) in [6.45, 7) is 13.6. The highest BCUT2D eigenvalue weighted by Gasteiger charge is 2.53. The summed E-state index contributed by atoms with van der Waals surface area (Å²) in [7, 11) is 4.78. The van der Waals surface area contributed by atoms with Crippen LogP contribution in [-0.2, 0) is 42.9 Å². The Morgan fingerprint density at radius 2 is 1.55 bits per heavy atom. The second-order valence-electron chi connectivity index (χ2n) is 19.7. The molecule has 0 aromatic heterocycles. The summed E-state index contributed by atoms with van der Waals surface area (Å²) < 4.78 is 29.7. The van der Waals surface area contributed by atoms with Crippen LogP contribution in [0, 0.1) is 35.5 Å².